The molecule has 0 fully saturated rings. The van der Waals surface area contributed by atoms with Crippen LogP contribution in [0.25, 0.3) is 0 Å². The topological polar surface area (TPSA) is 195 Å². The first-order valence-electron chi connectivity index (χ1n) is 7.55. The van der Waals surface area contributed by atoms with Gasteiger partial charge in [0.15, 0.2) is 6.29 Å². The van der Waals surface area contributed by atoms with E-state index in [-0.39, 0.29) is 6.42 Å². The van der Waals surface area contributed by atoms with Gasteiger partial charge in [-0.1, -0.05) is 0 Å². The molecule has 0 aliphatic carbocycles. The van der Waals surface area contributed by atoms with Crippen molar-refractivity contribution in [1.82, 2.24) is 0 Å². The van der Waals surface area contributed by atoms with Crippen LogP contribution in [-0.2, 0) is 33.6 Å². The van der Waals surface area contributed by atoms with Gasteiger partial charge in [-0.15, -0.1) is 0 Å². The molecule has 1 aliphatic rings. The van der Waals surface area contributed by atoms with E-state index in [1.165, 1.54) is 13.8 Å². The minimum absolute atomic E-state index is 0.151. The standard InChI is InChI=1S/C13H23NO11S/c1-6(14)13(18)23-7(2)10(5-22-26(19,20)21)25-11-4-8(15)3-9(24-11)12(16)17/h3,6-8,10-11,13,15,18H,4-5,14H2,1-2H3,(H,16,17)(H,19,20,21)/t6-,7?,8-,10-,11-,13?/m0/s1. The fourth-order valence-electron chi connectivity index (χ4n) is 1.94. The zero-order valence-electron chi connectivity index (χ0n) is 14.1. The van der Waals surface area contributed by atoms with Crippen LogP contribution in [0, 0.1) is 0 Å². The molecule has 1 heterocycles. The van der Waals surface area contributed by atoms with Crippen LogP contribution in [0.15, 0.2) is 11.8 Å². The molecular formula is C13H23NO11S. The zero-order chi connectivity index (χ0) is 20.1. The smallest absolute Gasteiger partial charge is 0.397 e. The molecule has 0 saturated carbocycles. The Labute approximate surface area is 150 Å². The van der Waals surface area contributed by atoms with Crippen LogP contribution in [0.1, 0.15) is 20.3 Å². The average molecular weight is 401 g/mol. The van der Waals surface area contributed by atoms with E-state index in [0.29, 0.717) is 0 Å². The number of aliphatic hydroxyl groups is 2. The van der Waals surface area contributed by atoms with Crippen molar-refractivity contribution in [2.45, 2.75) is 57.2 Å². The summed E-state index contributed by atoms with van der Waals surface area (Å²) in [5.41, 5.74) is 5.47. The van der Waals surface area contributed by atoms with Gasteiger partial charge in [0.05, 0.1) is 24.9 Å². The van der Waals surface area contributed by atoms with Gasteiger partial charge in [-0.25, -0.2) is 8.98 Å². The van der Waals surface area contributed by atoms with E-state index in [4.69, 9.17) is 29.6 Å². The number of carboxylic acids is 1. The Morgan fingerprint density at radius 2 is 2.08 bits per heavy atom. The van der Waals surface area contributed by atoms with Gasteiger partial charge in [0.1, 0.15) is 6.10 Å². The highest BCUT2D eigenvalue weighted by Crippen LogP contribution is 2.22. The van der Waals surface area contributed by atoms with Crippen LogP contribution in [0.5, 0.6) is 0 Å². The van der Waals surface area contributed by atoms with Gasteiger partial charge in [-0.05, 0) is 19.9 Å². The van der Waals surface area contributed by atoms with E-state index in [1.807, 2.05) is 0 Å². The summed E-state index contributed by atoms with van der Waals surface area (Å²) in [6.45, 7) is 2.14. The predicted octanol–water partition coefficient (Wildman–Crippen LogP) is -1.66. The van der Waals surface area contributed by atoms with Crippen LogP contribution < -0.4 is 5.73 Å². The van der Waals surface area contributed by atoms with Gasteiger partial charge < -0.3 is 35.3 Å². The Hall–Kier alpha value is -1.32. The lowest BCUT2D eigenvalue weighted by atomic mass is 10.1. The van der Waals surface area contributed by atoms with Gasteiger partial charge in [-0.3, -0.25) is 4.55 Å². The maximum absolute atomic E-state index is 11.0. The Morgan fingerprint density at radius 1 is 1.46 bits per heavy atom. The van der Waals surface area contributed by atoms with Crippen molar-refractivity contribution >= 4 is 16.4 Å². The number of carboxylic acid groups (broad SMARTS) is 1. The summed E-state index contributed by atoms with van der Waals surface area (Å²) in [6.07, 6.45) is -5.25. The predicted molar refractivity (Wildman–Crippen MR) is 83.8 cm³/mol. The molecule has 6 atom stereocenters. The SMILES string of the molecule is CC(OC(O)[C@H](C)N)[C@H](COS(=O)(=O)O)O[C@H]1C[C@@H](O)C=C(C(=O)O)O1. The second-order valence-electron chi connectivity index (χ2n) is 5.66. The lowest BCUT2D eigenvalue weighted by Gasteiger charge is -2.32. The van der Waals surface area contributed by atoms with E-state index in [0.717, 1.165) is 6.08 Å². The number of hydrogen-bond acceptors (Lipinski definition) is 10. The molecule has 0 aromatic carbocycles. The van der Waals surface area contributed by atoms with Crippen molar-refractivity contribution in [2.75, 3.05) is 6.61 Å². The largest absolute Gasteiger partial charge is 0.475 e. The third-order valence-electron chi connectivity index (χ3n) is 3.28. The van der Waals surface area contributed by atoms with Crippen LogP contribution >= 0.6 is 0 Å². The molecule has 12 nitrogen and oxygen atoms in total. The lowest BCUT2D eigenvalue weighted by Crippen LogP contribution is -2.44. The molecule has 0 radical (unpaired) electrons. The number of aliphatic carboxylic acids is 1. The second kappa shape index (κ2) is 9.57. The molecule has 152 valence electrons. The Kier molecular flexibility index (Phi) is 8.36. The summed E-state index contributed by atoms with van der Waals surface area (Å²) in [7, 11) is -4.79. The van der Waals surface area contributed by atoms with E-state index in [1.54, 1.807) is 0 Å². The first-order valence-corrected chi connectivity index (χ1v) is 8.91. The van der Waals surface area contributed by atoms with Crippen LogP contribution in [-0.4, -0.2) is 77.8 Å². The van der Waals surface area contributed by atoms with Gasteiger partial charge >= 0.3 is 16.4 Å². The Balaban J connectivity index is 2.84. The Bertz CT molecular complexity index is 605. The molecule has 1 aliphatic heterocycles. The third kappa shape index (κ3) is 7.92. The third-order valence-corrected chi connectivity index (χ3v) is 3.72. The summed E-state index contributed by atoms with van der Waals surface area (Å²) in [5.74, 6) is -1.98. The molecule has 0 aromatic rings. The molecule has 0 aromatic heterocycles. The fraction of sp³-hybridized carbons (Fsp3) is 0.769. The highest BCUT2D eigenvalue weighted by atomic mass is 32.3. The van der Waals surface area contributed by atoms with E-state index in [9.17, 15) is 23.4 Å². The molecule has 0 amide bonds. The summed E-state index contributed by atoms with van der Waals surface area (Å²) in [5, 5.41) is 28.3. The quantitative estimate of drug-likeness (QED) is 0.207. The van der Waals surface area contributed by atoms with Crippen LogP contribution in [0.4, 0.5) is 0 Å². The first-order chi connectivity index (χ1) is 11.9. The molecule has 13 heteroatoms. The van der Waals surface area contributed by atoms with Gasteiger partial charge in [-0.2, -0.15) is 8.42 Å². The summed E-state index contributed by atoms with van der Waals surface area (Å²) >= 11 is 0. The first kappa shape index (κ1) is 22.7. The molecule has 2 unspecified atom stereocenters. The highest BCUT2D eigenvalue weighted by molar-refractivity contribution is 7.80. The van der Waals surface area contributed by atoms with E-state index in [2.05, 4.69) is 4.18 Å². The monoisotopic (exact) mass is 401 g/mol. The number of carbonyl (C=O) groups is 1. The van der Waals surface area contributed by atoms with Crippen molar-refractivity contribution in [3.8, 4) is 0 Å². The fourth-order valence-corrected chi connectivity index (χ4v) is 2.25. The minimum Gasteiger partial charge on any atom is -0.475 e. The van der Waals surface area contributed by atoms with Crippen LogP contribution in [0.2, 0.25) is 0 Å². The van der Waals surface area contributed by atoms with Crippen molar-refractivity contribution in [1.29, 1.82) is 0 Å². The normalized spacial score (nSPS) is 25.5. The van der Waals surface area contributed by atoms with Crippen molar-refractivity contribution in [3.05, 3.63) is 11.8 Å². The number of nitrogens with two attached hydrogens (primary N) is 1. The summed E-state index contributed by atoms with van der Waals surface area (Å²) < 4.78 is 50.2. The zero-order valence-corrected chi connectivity index (χ0v) is 14.9. The van der Waals surface area contributed by atoms with Crippen molar-refractivity contribution < 1.29 is 51.5 Å². The number of aliphatic hydroxyl groups excluding tert-OH is 2. The van der Waals surface area contributed by atoms with Crippen molar-refractivity contribution in [3.63, 3.8) is 0 Å². The molecule has 26 heavy (non-hydrogen) atoms. The Morgan fingerprint density at radius 3 is 2.58 bits per heavy atom. The average Bonchev–Trinajstić information content (AvgIpc) is 2.49. The van der Waals surface area contributed by atoms with Gasteiger partial charge in [0.25, 0.3) is 0 Å². The van der Waals surface area contributed by atoms with Crippen molar-refractivity contribution in [2.24, 2.45) is 5.73 Å². The van der Waals surface area contributed by atoms with Gasteiger partial charge in [0, 0.05) is 6.42 Å². The lowest BCUT2D eigenvalue weighted by molar-refractivity contribution is -0.230. The van der Waals surface area contributed by atoms with Gasteiger partial charge in [0.2, 0.25) is 12.0 Å². The molecule has 0 spiro atoms. The maximum Gasteiger partial charge on any atom is 0.397 e. The van der Waals surface area contributed by atoms with E-state index >= 15 is 0 Å². The number of hydrogen-bond donors (Lipinski definition) is 5. The number of ether oxygens (including phenoxy) is 3. The maximum atomic E-state index is 11.0. The second-order valence-corrected chi connectivity index (χ2v) is 6.76. The molecular weight excluding hydrogens is 378 g/mol. The summed E-state index contributed by atoms with van der Waals surface area (Å²) in [4.78, 5) is 11.0. The molecule has 1 rings (SSSR count). The minimum atomic E-state index is -4.79. The highest BCUT2D eigenvalue weighted by Gasteiger charge is 2.33. The van der Waals surface area contributed by atoms with Crippen LogP contribution in [0.3, 0.4) is 0 Å². The molecule has 0 saturated heterocycles. The molecule has 0 bridgehead atoms. The molecule has 6 N–H and O–H groups in total. The summed E-state index contributed by atoms with van der Waals surface area (Å²) in [6, 6.07) is -0.769. The van der Waals surface area contributed by atoms with E-state index < -0.39 is 65.7 Å². The number of rotatable bonds is 10.